The number of carbonyl (C=O) groups is 1. The van der Waals surface area contributed by atoms with E-state index in [1.165, 1.54) is 0 Å². The Labute approximate surface area is 100 Å². The Hall–Kier alpha value is -1.36. The average Bonchev–Trinajstić information content (AvgIpc) is 2.58. The summed E-state index contributed by atoms with van der Waals surface area (Å²) >= 11 is 0. The van der Waals surface area contributed by atoms with Crippen LogP contribution >= 0.6 is 0 Å². The lowest BCUT2D eigenvalue weighted by Crippen LogP contribution is -2.10. The molecule has 0 radical (unpaired) electrons. The second-order valence-electron chi connectivity index (χ2n) is 4.44. The fraction of sp³-hybridized carbons (Fsp3) is 0.417. The molecule has 1 heterocycles. The summed E-state index contributed by atoms with van der Waals surface area (Å²) in [6, 6.07) is 6.78. The first-order valence-corrected chi connectivity index (χ1v) is 7.32. The second kappa shape index (κ2) is 4.49. The first-order valence-electron chi connectivity index (χ1n) is 5.49. The van der Waals surface area contributed by atoms with Crippen LogP contribution in [0.3, 0.4) is 0 Å². The number of hydrogen-bond acceptors (Lipinski definition) is 3. The Morgan fingerprint density at radius 3 is 2.65 bits per heavy atom. The van der Waals surface area contributed by atoms with E-state index in [1.54, 1.807) is 24.3 Å². The molecule has 0 amide bonds. The maximum Gasteiger partial charge on any atom is 0.335 e. The molecule has 0 aromatic heterocycles. The molecule has 1 atom stereocenters. The van der Waals surface area contributed by atoms with E-state index in [9.17, 15) is 13.2 Å². The van der Waals surface area contributed by atoms with Gasteiger partial charge < -0.3 is 5.11 Å². The van der Waals surface area contributed by atoms with Crippen LogP contribution in [-0.4, -0.2) is 31.0 Å². The molecular weight excluding hydrogens is 240 g/mol. The van der Waals surface area contributed by atoms with Crippen molar-refractivity contribution in [2.45, 2.75) is 12.8 Å². The zero-order chi connectivity index (χ0) is 12.5. The first-order chi connectivity index (χ1) is 7.98. The highest BCUT2D eigenvalue weighted by atomic mass is 32.2. The van der Waals surface area contributed by atoms with E-state index in [0.29, 0.717) is 12.8 Å². The van der Waals surface area contributed by atoms with Gasteiger partial charge in [0.15, 0.2) is 9.84 Å². The van der Waals surface area contributed by atoms with Crippen LogP contribution in [0.4, 0.5) is 0 Å². The quantitative estimate of drug-likeness (QED) is 0.884. The summed E-state index contributed by atoms with van der Waals surface area (Å²) in [5.41, 5.74) is 0.999. The molecular formula is C12H14O4S. The number of carboxylic acids is 1. The molecule has 0 bridgehead atoms. The molecule has 0 aliphatic carbocycles. The van der Waals surface area contributed by atoms with Crippen molar-refractivity contribution < 1.29 is 18.3 Å². The number of rotatable bonds is 3. The molecule has 1 unspecified atom stereocenters. The van der Waals surface area contributed by atoms with Gasteiger partial charge in [-0.15, -0.1) is 0 Å². The van der Waals surface area contributed by atoms with E-state index in [1.807, 2.05) is 0 Å². The summed E-state index contributed by atoms with van der Waals surface area (Å²) in [6.45, 7) is 0. The van der Waals surface area contributed by atoms with Crippen molar-refractivity contribution in [2.24, 2.45) is 5.92 Å². The smallest absolute Gasteiger partial charge is 0.335 e. The minimum atomic E-state index is -2.90. The molecule has 0 spiro atoms. The van der Waals surface area contributed by atoms with Gasteiger partial charge in [-0.05, 0) is 30.4 Å². The Morgan fingerprint density at radius 2 is 2.06 bits per heavy atom. The summed E-state index contributed by atoms with van der Waals surface area (Å²) < 4.78 is 22.7. The number of sulfone groups is 1. The summed E-state index contributed by atoms with van der Waals surface area (Å²) in [4.78, 5) is 11.0. The predicted molar refractivity (Wildman–Crippen MR) is 63.9 cm³/mol. The molecule has 5 heteroatoms. The number of aromatic carboxylic acids is 1. The third-order valence-electron chi connectivity index (χ3n) is 3.08. The lowest BCUT2D eigenvalue weighted by molar-refractivity contribution is 0.0695. The van der Waals surface area contributed by atoms with Crippen molar-refractivity contribution in [1.29, 1.82) is 0 Å². The highest BCUT2D eigenvalue weighted by molar-refractivity contribution is 7.91. The van der Waals surface area contributed by atoms with Gasteiger partial charge in [-0.3, -0.25) is 0 Å². The van der Waals surface area contributed by atoms with Crippen molar-refractivity contribution >= 4 is 15.8 Å². The van der Waals surface area contributed by atoms with Gasteiger partial charge in [0.2, 0.25) is 0 Å². The zero-order valence-corrected chi connectivity index (χ0v) is 10.1. The molecule has 17 heavy (non-hydrogen) atoms. The largest absolute Gasteiger partial charge is 0.478 e. The van der Waals surface area contributed by atoms with Gasteiger partial charge in [-0.1, -0.05) is 18.2 Å². The highest BCUT2D eigenvalue weighted by Crippen LogP contribution is 2.24. The van der Waals surface area contributed by atoms with E-state index < -0.39 is 15.8 Å². The number of hydrogen-bond donors (Lipinski definition) is 1. The molecule has 92 valence electrons. The highest BCUT2D eigenvalue weighted by Gasteiger charge is 2.28. The van der Waals surface area contributed by atoms with Gasteiger partial charge in [0, 0.05) is 0 Å². The minimum Gasteiger partial charge on any atom is -0.478 e. The monoisotopic (exact) mass is 254 g/mol. The Balaban J connectivity index is 2.17. The molecule has 1 N–H and O–H groups in total. The van der Waals surface area contributed by atoms with Crippen LogP contribution in [0.15, 0.2) is 24.3 Å². The number of benzene rings is 1. The maximum atomic E-state index is 11.3. The molecule has 1 fully saturated rings. The van der Waals surface area contributed by atoms with Crippen LogP contribution in [0.25, 0.3) is 0 Å². The molecule has 2 rings (SSSR count). The van der Waals surface area contributed by atoms with E-state index >= 15 is 0 Å². The third-order valence-corrected chi connectivity index (χ3v) is 4.92. The van der Waals surface area contributed by atoms with Crippen molar-refractivity contribution in [3.63, 3.8) is 0 Å². The maximum absolute atomic E-state index is 11.3. The average molecular weight is 254 g/mol. The van der Waals surface area contributed by atoms with E-state index in [-0.39, 0.29) is 23.0 Å². The fourth-order valence-corrected chi connectivity index (χ4v) is 4.11. The van der Waals surface area contributed by atoms with Crippen LogP contribution in [0, 0.1) is 5.92 Å². The molecule has 4 nitrogen and oxygen atoms in total. The summed E-state index contributed by atoms with van der Waals surface area (Å²) in [5, 5.41) is 9.02. The normalized spacial score (nSPS) is 22.5. The lowest BCUT2D eigenvalue weighted by Gasteiger charge is -2.10. The van der Waals surface area contributed by atoms with Crippen LogP contribution in [0.2, 0.25) is 0 Å². The minimum absolute atomic E-state index is 0.0560. The predicted octanol–water partition coefficient (Wildman–Crippen LogP) is 1.36. The van der Waals surface area contributed by atoms with Gasteiger partial charge >= 0.3 is 5.97 Å². The van der Waals surface area contributed by atoms with E-state index in [4.69, 9.17) is 5.11 Å². The molecule has 0 saturated carbocycles. The van der Waals surface area contributed by atoms with Gasteiger partial charge in [0.1, 0.15) is 0 Å². The fourth-order valence-electron chi connectivity index (χ4n) is 2.25. The lowest BCUT2D eigenvalue weighted by atomic mass is 9.95. The third kappa shape index (κ3) is 2.85. The van der Waals surface area contributed by atoms with Gasteiger partial charge in [-0.2, -0.15) is 0 Å². The first kappa shape index (κ1) is 12.1. The second-order valence-corrected chi connectivity index (χ2v) is 6.66. The van der Waals surface area contributed by atoms with Crippen molar-refractivity contribution in [2.75, 3.05) is 11.5 Å². The molecule has 1 aromatic carbocycles. The van der Waals surface area contributed by atoms with Crippen LogP contribution in [0.1, 0.15) is 22.3 Å². The van der Waals surface area contributed by atoms with Crippen molar-refractivity contribution in [1.82, 2.24) is 0 Å². The molecule has 1 saturated heterocycles. The zero-order valence-electron chi connectivity index (χ0n) is 9.30. The summed E-state index contributed by atoms with van der Waals surface area (Å²) in [6.07, 6.45) is 1.16. The molecule has 1 aliphatic rings. The topological polar surface area (TPSA) is 71.4 Å². The van der Waals surface area contributed by atoms with E-state index in [0.717, 1.165) is 5.56 Å². The van der Waals surface area contributed by atoms with Crippen LogP contribution < -0.4 is 0 Å². The van der Waals surface area contributed by atoms with E-state index in [2.05, 4.69) is 0 Å². The van der Waals surface area contributed by atoms with Gasteiger partial charge in [-0.25, -0.2) is 13.2 Å². The van der Waals surface area contributed by atoms with Crippen molar-refractivity contribution in [3.05, 3.63) is 35.4 Å². The van der Waals surface area contributed by atoms with Crippen molar-refractivity contribution in [3.8, 4) is 0 Å². The van der Waals surface area contributed by atoms with Gasteiger partial charge in [0.25, 0.3) is 0 Å². The Bertz CT molecular complexity index is 533. The standard InChI is InChI=1S/C12H14O4S/c13-12(14)11-4-2-1-3-10(11)7-9-5-6-17(15,16)8-9/h1-4,9H,5-8H2,(H,13,14). The number of carboxylic acid groups (broad SMARTS) is 1. The van der Waals surface area contributed by atoms with Gasteiger partial charge in [0.05, 0.1) is 17.1 Å². The van der Waals surface area contributed by atoms with Crippen LogP contribution in [-0.2, 0) is 16.3 Å². The summed E-state index contributed by atoms with van der Waals surface area (Å²) in [7, 11) is -2.90. The SMILES string of the molecule is O=C(O)c1ccccc1CC1CCS(=O)(=O)C1. The summed E-state index contributed by atoms with van der Waals surface area (Å²) in [5.74, 6) is -0.490. The Kier molecular flexibility index (Phi) is 3.19. The van der Waals surface area contributed by atoms with Crippen LogP contribution in [0.5, 0.6) is 0 Å². The Morgan fingerprint density at radius 1 is 1.35 bits per heavy atom. The molecule has 1 aliphatic heterocycles. The molecule has 1 aromatic rings.